The Morgan fingerprint density at radius 3 is 2.62 bits per heavy atom. The molecule has 2 N–H and O–H groups in total. The zero-order valence-corrected chi connectivity index (χ0v) is 9.68. The fourth-order valence-corrected chi connectivity index (χ4v) is 3.49. The van der Waals surface area contributed by atoms with Crippen LogP contribution in [0.3, 0.4) is 0 Å². The van der Waals surface area contributed by atoms with Crippen LogP contribution in [0.2, 0.25) is 0 Å². The lowest BCUT2D eigenvalue weighted by atomic mass is 9.93. The number of fused-ring (bicyclic) bond motifs is 2. The van der Waals surface area contributed by atoms with Crippen molar-refractivity contribution in [1.29, 1.82) is 0 Å². The first kappa shape index (κ1) is 10.5. The number of aliphatic hydroxyl groups excluding tert-OH is 1. The Labute approximate surface area is 97.4 Å². The van der Waals surface area contributed by atoms with Crippen molar-refractivity contribution in [3.05, 3.63) is 24.3 Å². The normalized spacial score (nSPS) is 44.7. The molecule has 1 fully saturated rings. The molecule has 0 radical (unpaired) electrons. The molecule has 0 aromatic rings. The van der Waals surface area contributed by atoms with Crippen LogP contribution >= 0.6 is 0 Å². The van der Waals surface area contributed by atoms with Crippen LogP contribution in [0.1, 0.15) is 19.3 Å². The molecule has 0 spiro atoms. The number of allylic oxidation sites excluding steroid dienone is 2. The Kier molecular flexibility index (Phi) is 2.86. The summed E-state index contributed by atoms with van der Waals surface area (Å²) in [6, 6.07) is 0.500. The molecule has 0 amide bonds. The van der Waals surface area contributed by atoms with Gasteiger partial charge in [0.15, 0.2) is 0 Å². The average molecular weight is 219 g/mol. The summed E-state index contributed by atoms with van der Waals surface area (Å²) in [5, 5.41) is 12.7. The lowest BCUT2D eigenvalue weighted by molar-refractivity contribution is 0.245. The molecule has 5 atom stereocenters. The molecule has 0 heterocycles. The van der Waals surface area contributed by atoms with Gasteiger partial charge in [0.1, 0.15) is 0 Å². The first-order valence-electron chi connectivity index (χ1n) is 6.56. The molecule has 0 aromatic heterocycles. The molecule has 2 nitrogen and oxygen atoms in total. The number of rotatable bonds is 4. The highest BCUT2D eigenvalue weighted by Crippen LogP contribution is 2.43. The monoisotopic (exact) mass is 219 g/mol. The molecule has 3 aliphatic rings. The molecule has 16 heavy (non-hydrogen) atoms. The van der Waals surface area contributed by atoms with Crippen LogP contribution in [0.15, 0.2) is 24.3 Å². The van der Waals surface area contributed by atoms with Crippen molar-refractivity contribution >= 4 is 0 Å². The standard InChI is InChI=1S/C14H21NO/c16-9-11-2-4-14(7-11)15-8-13-6-10-1-3-12(13)5-10/h1-4,10-16H,5-9H2/t10?,11-,12?,13?,14+/m0/s1. The summed E-state index contributed by atoms with van der Waals surface area (Å²) >= 11 is 0. The summed E-state index contributed by atoms with van der Waals surface area (Å²) < 4.78 is 0. The zero-order chi connectivity index (χ0) is 11.0. The SMILES string of the molecule is OC[C@H]1C=C[C@@H](NCC2CC3C=CC2C3)C1. The molecular formula is C14H21NO. The summed E-state index contributed by atoms with van der Waals surface area (Å²) in [4.78, 5) is 0. The highest BCUT2D eigenvalue weighted by atomic mass is 16.3. The van der Waals surface area contributed by atoms with Gasteiger partial charge in [-0.3, -0.25) is 0 Å². The van der Waals surface area contributed by atoms with E-state index in [0.29, 0.717) is 18.6 Å². The zero-order valence-electron chi connectivity index (χ0n) is 9.68. The van der Waals surface area contributed by atoms with Crippen LogP contribution in [0.25, 0.3) is 0 Å². The number of hydrogen-bond donors (Lipinski definition) is 2. The van der Waals surface area contributed by atoms with Crippen LogP contribution in [-0.4, -0.2) is 24.3 Å². The van der Waals surface area contributed by atoms with Crippen molar-refractivity contribution in [3.63, 3.8) is 0 Å². The van der Waals surface area contributed by atoms with Crippen LogP contribution in [-0.2, 0) is 0 Å². The van der Waals surface area contributed by atoms with Gasteiger partial charge in [0, 0.05) is 18.6 Å². The van der Waals surface area contributed by atoms with Crippen molar-refractivity contribution in [3.8, 4) is 0 Å². The lowest BCUT2D eigenvalue weighted by Crippen LogP contribution is -2.33. The Morgan fingerprint density at radius 1 is 1.06 bits per heavy atom. The van der Waals surface area contributed by atoms with Gasteiger partial charge < -0.3 is 10.4 Å². The highest BCUT2D eigenvalue weighted by Gasteiger charge is 2.35. The molecule has 2 bridgehead atoms. The van der Waals surface area contributed by atoms with E-state index in [2.05, 4.69) is 29.6 Å². The maximum absolute atomic E-state index is 9.06. The Morgan fingerprint density at radius 2 is 2.00 bits per heavy atom. The van der Waals surface area contributed by atoms with E-state index in [-0.39, 0.29) is 0 Å². The molecule has 1 saturated carbocycles. The maximum atomic E-state index is 9.06. The van der Waals surface area contributed by atoms with E-state index in [0.717, 1.165) is 30.7 Å². The maximum Gasteiger partial charge on any atom is 0.0494 e. The molecule has 0 aromatic carbocycles. The summed E-state index contributed by atoms with van der Waals surface area (Å²) in [7, 11) is 0. The third kappa shape index (κ3) is 1.96. The van der Waals surface area contributed by atoms with Crippen molar-refractivity contribution < 1.29 is 5.11 Å². The van der Waals surface area contributed by atoms with E-state index < -0.39 is 0 Å². The third-order valence-corrected chi connectivity index (χ3v) is 4.47. The summed E-state index contributed by atoms with van der Waals surface area (Å²) in [5.41, 5.74) is 0. The van der Waals surface area contributed by atoms with E-state index in [9.17, 15) is 0 Å². The van der Waals surface area contributed by atoms with Crippen LogP contribution < -0.4 is 5.32 Å². The summed E-state index contributed by atoms with van der Waals surface area (Å²) in [6.07, 6.45) is 13.1. The molecule has 3 unspecified atom stereocenters. The van der Waals surface area contributed by atoms with Crippen molar-refractivity contribution in [1.82, 2.24) is 5.32 Å². The van der Waals surface area contributed by atoms with E-state index in [1.165, 1.54) is 12.8 Å². The van der Waals surface area contributed by atoms with Crippen LogP contribution in [0.4, 0.5) is 0 Å². The molecular weight excluding hydrogens is 198 g/mol. The molecule has 3 rings (SSSR count). The molecule has 2 heteroatoms. The summed E-state index contributed by atoms with van der Waals surface area (Å²) in [5.74, 6) is 2.96. The van der Waals surface area contributed by atoms with Gasteiger partial charge in [0.25, 0.3) is 0 Å². The van der Waals surface area contributed by atoms with E-state index >= 15 is 0 Å². The average Bonchev–Trinajstić information content (AvgIpc) is 3.02. The van der Waals surface area contributed by atoms with Crippen molar-refractivity contribution in [2.75, 3.05) is 13.2 Å². The quantitative estimate of drug-likeness (QED) is 0.706. The van der Waals surface area contributed by atoms with Gasteiger partial charge >= 0.3 is 0 Å². The Hall–Kier alpha value is -0.600. The topological polar surface area (TPSA) is 32.3 Å². The van der Waals surface area contributed by atoms with Gasteiger partial charge in [0.2, 0.25) is 0 Å². The van der Waals surface area contributed by atoms with E-state index in [4.69, 9.17) is 5.11 Å². The van der Waals surface area contributed by atoms with E-state index in [1.54, 1.807) is 0 Å². The minimum atomic E-state index is 0.297. The van der Waals surface area contributed by atoms with Gasteiger partial charge in [-0.1, -0.05) is 24.3 Å². The molecule has 0 aliphatic heterocycles. The number of aliphatic hydroxyl groups is 1. The second kappa shape index (κ2) is 4.34. The molecule has 88 valence electrons. The fraction of sp³-hybridized carbons (Fsp3) is 0.714. The van der Waals surface area contributed by atoms with Gasteiger partial charge in [0.05, 0.1) is 0 Å². The minimum Gasteiger partial charge on any atom is -0.396 e. The highest BCUT2D eigenvalue weighted by molar-refractivity contribution is 5.11. The third-order valence-electron chi connectivity index (χ3n) is 4.47. The molecule has 3 aliphatic carbocycles. The predicted octanol–water partition coefficient (Wildman–Crippen LogP) is 1.73. The minimum absolute atomic E-state index is 0.297. The van der Waals surface area contributed by atoms with Gasteiger partial charge in [-0.25, -0.2) is 0 Å². The first-order valence-corrected chi connectivity index (χ1v) is 6.56. The van der Waals surface area contributed by atoms with Crippen molar-refractivity contribution in [2.24, 2.45) is 23.7 Å². The van der Waals surface area contributed by atoms with E-state index in [1.807, 2.05) is 0 Å². The number of nitrogens with one attached hydrogen (secondary N) is 1. The second-order valence-electron chi connectivity index (χ2n) is 5.62. The number of hydrogen-bond acceptors (Lipinski definition) is 2. The lowest BCUT2D eigenvalue weighted by Gasteiger charge is -2.21. The largest absolute Gasteiger partial charge is 0.396 e. The fourth-order valence-electron chi connectivity index (χ4n) is 3.49. The van der Waals surface area contributed by atoms with Gasteiger partial charge in [-0.05, 0) is 43.6 Å². The summed E-state index contributed by atoms with van der Waals surface area (Å²) in [6.45, 7) is 1.45. The van der Waals surface area contributed by atoms with Crippen molar-refractivity contribution in [2.45, 2.75) is 25.3 Å². The predicted molar refractivity (Wildman–Crippen MR) is 65.0 cm³/mol. The molecule has 0 saturated heterocycles. The van der Waals surface area contributed by atoms with Gasteiger partial charge in [-0.2, -0.15) is 0 Å². The van der Waals surface area contributed by atoms with Gasteiger partial charge in [-0.15, -0.1) is 0 Å². The first-order chi connectivity index (χ1) is 7.85. The Bertz CT molecular complexity index is 310. The smallest absolute Gasteiger partial charge is 0.0494 e. The van der Waals surface area contributed by atoms with Crippen LogP contribution in [0, 0.1) is 23.7 Å². The van der Waals surface area contributed by atoms with Crippen LogP contribution in [0.5, 0.6) is 0 Å². The second-order valence-corrected chi connectivity index (χ2v) is 5.62. The Balaban J connectivity index is 1.44.